The maximum atomic E-state index is 13.3. The number of hydrogen-bond acceptors (Lipinski definition) is 7. The van der Waals surface area contributed by atoms with E-state index in [2.05, 4.69) is 15.7 Å². The number of nitrogens with one attached hydrogen (secondary N) is 2. The zero-order valence-electron chi connectivity index (χ0n) is 19.3. The van der Waals surface area contributed by atoms with Crippen LogP contribution in [0.4, 0.5) is 5.82 Å². The summed E-state index contributed by atoms with van der Waals surface area (Å²) in [6.45, 7) is 3.92. The molecule has 4 rings (SSSR count). The van der Waals surface area contributed by atoms with E-state index in [9.17, 15) is 9.59 Å². The molecule has 33 heavy (non-hydrogen) atoms. The van der Waals surface area contributed by atoms with Crippen molar-refractivity contribution in [3.63, 3.8) is 0 Å². The van der Waals surface area contributed by atoms with Crippen molar-refractivity contribution >= 4 is 29.0 Å². The van der Waals surface area contributed by atoms with E-state index in [1.807, 2.05) is 26.0 Å². The third kappa shape index (κ3) is 3.91. The number of carbonyl (C=O) groups excluding carboxylic acids is 2. The number of rotatable bonds is 6. The van der Waals surface area contributed by atoms with Gasteiger partial charge >= 0.3 is 0 Å². The van der Waals surface area contributed by atoms with Gasteiger partial charge in [0.1, 0.15) is 11.9 Å². The van der Waals surface area contributed by atoms with Crippen molar-refractivity contribution in [3.8, 4) is 17.2 Å². The van der Waals surface area contributed by atoms with Gasteiger partial charge in [0, 0.05) is 27.9 Å². The Morgan fingerprint density at radius 2 is 1.79 bits per heavy atom. The lowest BCUT2D eigenvalue weighted by Crippen LogP contribution is -2.50. The van der Waals surface area contributed by atoms with Crippen LogP contribution in [0, 0.1) is 13.8 Å². The third-order valence-electron chi connectivity index (χ3n) is 5.72. The first-order valence-electron chi connectivity index (χ1n) is 10.3. The second kappa shape index (κ2) is 8.78. The predicted octanol–water partition coefficient (Wildman–Crippen LogP) is 3.01. The first-order valence-corrected chi connectivity index (χ1v) is 11.1. The maximum Gasteiger partial charge on any atom is 0.252 e. The number of carbonyl (C=O) groups is 2. The van der Waals surface area contributed by atoms with Crippen molar-refractivity contribution in [1.29, 1.82) is 0 Å². The molecule has 3 heterocycles. The van der Waals surface area contributed by atoms with Gasteiger partial charge in [-0.1, -0.05) is 0 Å². The molecule has 0 saturated heterocycles. The molecule has 1 aliphatic heterocycles. The van der Waals surface area contributed by atoms with Gasteiger partial charge in [-0.05, 0) is 38.1 Å². The highest BCUT2D eigenvalue weighted by Gasteiger charge is 2.42. The Bertz CT molecular complexity index is 1210. The normalized spacial score (nSPS) is 17.2. The van der Waals surface area contributed by atoms with Gasteiger partial charge in [0.2, 0.25) is 11.7 Å². The molecular weight excluding hydrogens is 444 g/mol. The summed E-state index contributed by atoms with van der Waals surface area (Å²) >= 11 is 1.60. The number of aryl methyl sites for hydroxylation is 3. The van der Waals surface area contributed by atoms with E-state index in [0.717, 1.165) is 21.0 Å². The van der Waals surface area contributed by atoms with Gasteiger partial charge < -0.3 is 24.8 Å². The van der Waals surface area contributed by atoms with E-state index >= 15 is 0 Å². The lowest BCUT2D eigenvalue weighted by molar-refractivity contribution is -0.118. The van der Waals surface area contributed by atoms with E-state index in [0.29, 0.717) is 23.1 Å². The molecule has 0 radical (unpaired) electrons. The molecule has 2 aromatic heterocycles. The maximum absolute atomic E-state index is 13.3. The van der Waals surface area contributed by atoms with Crippen molar-refractivity contribution < 1.29 is 23.8 Å². The van der Waals surface area contributed by atoms with Crippen LogP contribution in [0.3, 0.4) is 0 Å². The number of methoxy groups -OCH3 is 3. The second-order valence-corrected chi connectivity index (χ2v) is 9.07. The molecule has 0 aliphatic carbocycles. The van der Waals surface area contributed by atoms with E-state index < -0.39 is 11.9 Å². The van der Waals surface area contributed by atoms with Gasteiger partial charge in [0.15, 0.2) is 11.5 Å². The third-order valence-corrected chi connectivity index (χ3v) is 6.80. The van der Waals surface area contributed by atoms with E-state index in [1.54, 1.807) is 35.2 Å². The van der Waals surface area contributed by atoms with Crippen molar-refractivity contribution in [3.05, 3.63) is 50.8 Å². The van der Waals surface area contributed by atoms with Crippen molar-refractivity contribution in [2.45, 2.75) is 25.8 Å². The van der Waals surface area contributed by atoms with Crippen LogP contribution in [-0.2, 0) is 11.8 Å². The van der Waals surface area contributed by atoms with Gasteiger partial charge in [0.05, 0.1) is 32.9 Å². The summed E-state index contributed by atoms with van der Waals surface area (Å²) in [5.74, 6) is 0.630. The Morgan fingerprint density at radius 3 is 2.33 bits per heavy atom. The van der Waals surface area contributed by atoms with Crippen LogP contribution in [0.2, 0.25) is 0 Å². The Labute approximate surface area is 195 Å². The number of hydrogen-bond donors (Lipinski definition) is 2. The number of fused-ring (bicyclic) bond motifs is 1. The first-order chi connectivity index (χ1) is 15.8. The van der Waals surface area contributed by atoms with Crippen LogP contribution in [0.1, 0.15) is 37.3 Å². The molecule has 10 heteroatoms. The van der Waals surface area contributed by atoms with Crippen LogP contribution in [-0.4, -0.2) is 49.0 Å². The summed E-state index contributed by atoms with van der Waals surface area (Å²) in [5, 5.41) is 10.3. The lowest BCUT2D eigenvalue weighted by atomic mass is 9.86. The summed E-state index contributed by atoms with van der Waals surface area (Å²) in [6.07, 6.45) is 0. The number of thiophene rings is 1. The van der Waals surface area contributed by atoms with Gasteiger partial charge in [-0.2, -0.15) is 5.10 Å². The molecule has 1 aromatic carbocycles. The summed E-state index contributed by atoms with van der Waals surface area (Å²) in [5.41, 5.74) is 1.98. The number of benzene rings is 1. The van der Waals surface area contributed by atoms with Gasteiger partial charge in [-0.25, -0.2) is 0 Å². The summed E-state index contributed by atoms with van der Waals surface area (Å²) < 4.78 is 17.7. The molecule has 2 amide bonds. The number of amides is 2. The number of nitrogens with zero attached hydrogens (tertiary/aromatic N) is 2. The Kier molecular flexibility index (Phi) is 6.03. The second-order valence-electron chi connectivity index (χ2n) is 7.75. The van der Waals surface area contributed by atoms with Crippen molar-refractivity contribution in [2.24, 2.45) is 7.05 Å². The zero-order valence-corrected chi connectivity index (χ0v) is 20.1. The van der Waals surface area contributed by atoms with Gasteiger partial charge in [0.25, 0.3) is 5.91 Å². The molecule has 0 bridgehead atoms. The molecule has 0 saturated carbocycles. The minimum atomic E-state index is -0.829. The Hall–Kier alpha value is -3.53. The molecule has 174 valence electrons. The summed E-state index contributed by atoms with van der Waals surface area (Å²) in [7, 11) is 6.25. The fraction of sp³-hybridized carbons (Fsp3) is 0.348. The molecule has 9 nitrogen and oxygen atoms in total. The van der Waals surface area contributed by atoms with Crippen LogP contribution in [0.15, 0.2) is 24.3 Å². The largest absolute Gasteiger partial charge is 0.493 e. The lowest BCUT2D eigenvalue weighted by Gasteiger charge is -2.31. The quantitative estimate of drug-likeness (QED) is 0.574. The summed E-state index contributed by atoms with van der Waals surface area (Å²) in [4.78, 5) is 28.6. The first kappa shape index (κ1) is 22.7. The average Bonchev–Trinajstić information content (AvgIpc) is 3.35. The van der Waals surface area contributed by atoms with Gasteiger partial charge in [-0.15, -0.1) is 11.3 Å². The molecular formula is C23H26N4O5S. The van der Waals surface area contributed by atoms with Crippen LogP contribution >= 0.6 is 11.3 Å². The molecule has 0 spiro atoms. The minimum Gasteiger partial charge on any atom is -0.493 e. The van der Waals surface area contributed by atoms with Crippen molar-refractivity contribution in [1.82, 2.24) is 15.1 Å². The Balaban J connectivity index is 1.75. The standard InChI is InChI=1S/C23H26N4O5S/c1-11-7-8-16(33-11)18-17-12(2)26-27(3)21(17)25-23(29)19(18)24-22(28)13-9-14(30-4)20(32-6)15(10-13)31-5/h7-10,18-19H,1-6H3,(H,24,28)(H,25,29). The van der Waals surface area contributed by atoms with Crippen LogP contribution < -0.4 is 24.8 Å². The average molecular weight is 471 g/mol. The van der Waals surface area contributed by atoms with Crippen molar-refractivity contribution in [2.75, 3.05) is 26.6 Å². The number of ether oxygens (including phenoxy) is 3. The summed E-state index contributed by atoms with van der Waals surface area (Å²) in [6, 6.07) is 6.30. The minimum absolute atomic E-state index is 0.284. The number of anilines is 1. The molecule has 2 N–H and O–H groups in total. The highest BCUT2D eigenvalue weighted by molar-refractivity contribution is 7.12. The topological polar surface area (TPSA) is 104 Å². The highest BCUT2D eigenvalue weighted by Crippen LogP contribution is 2.42. The number of aromatic nitrogens is 2. The molecule has 1 aliphatic rings. The smallest absolute Gasteiger partial charge is 0.252 e. The fourth-order valence-corrected chi connectivity index (χ4v) is 5.25. The van der Waals surface area contributed by atoms with Crippen LogP contribution in [0.25, 0.3) is 0 Å². The highest BCUT2D eigenvalue weighted by atomic mass is 32.1. The predicted molar refractivity (Wildman–Crippen MR) is 125 cm³/mol. The van der Waals surface area contributed by atoms with E-state index in [1.165, 1.54) is 21.3 Å². The molecule has 0 fully saturated rings. The van der Waals surface area contributed by atoms with Gasteiger partial charge in [-0.3, -0.25) is 14.3 Å². The monoisotopic (exact) mass is 470 g/mol. The SMILES string of the molecule is COc1cc(C(=O)NC2C(=O)Nc3c(c(C)nn3C)C2c2ccc(C)s2)cc(OC)c1OC. The van der Waals surface area contributed by atoms with Crippen LogP contribution in [0.5, 0.6) is 17.2 Å². The molecule has 3 aromatic rings. The van der Waals surface area contributed by atoms with E-state index in [-0.39, 0.29) is 17.4 Å². The zero-order chi connectivity index (χ0) is 23.9. The Morgan fingerprint density at radius 1 is 1.12 bits per heavy atom. The fourth-order valence-electron chi connectivity index (χ4n) is 4.22. The van der Waals surface area contributed by atoms with E-state index in [4.69, 9.17) is 14.2 Å². The molecule has 2 unspecified atom stereocenters. The molecule has 2 atom stereocenters.